The first kappa shape index (κ1) is 36.2. The highest BCUT2D eigenvalue weighted by atomic mass is 14.9. The summed E-state index contributed by atoms with van der Waals surface area (Å²) in [5, 5.41) is 0. The zero-order chi connectivity index (χ0) is 40.1. The van der Waals surface area contributed by atoms with E-state index in [1.807, 2.05) is 36.8 Å². The molecule has 0 unspecified atom stereocenters. The van der Waals surface area contributed by atoms with Crippen molar-refractivity contribution in [2.45, 2.75) is 0 Å². The first-order chi connectivity index (χ1) is 29.7. The SMILES string of the molecule is c1cncc(-c2cccc(-c3cccc(-c4cc(-c5cccc(-c6cccc(-c7cccnc7)c6)c5)nc(-c5cccc(-c6cccc(-c7cccnc7)c6)c5)n4)c3)c2)c1. The highest BCUT2D eigenvalue weighted by Crippen LogP contribution is 2.35. The fraction of sp³-hybridized carbons (Fsp3) is 0. The van der Waals surface area contributed by atoms with E-state index in [2.05, 4.69) is 185 Å². The van der Waals surface area contributed by atoms with Gasteiger partial charge in [-0.05, 0) is 111 Å². The van der Waals surface area contributed by atoms with Crippen LogP contribution < -0.4 is 0 Å². The van der Waals surface area contributed by atoms with Gasteiger partial charge in [0.2, 0.25) is 0 Å². The van der Waals surface area contributed by atoms with Crippen molar-refractivity contribution >= 4 is 0 Å². The zero-order valence-electron chi connectivity index (χ0n) is 32.6. The van der Waals surface area contributed by atoms with Gasteiger partial charge in [0.1, 0.15) is 0 Å². The first-order valence-corrected chi connectivity index (χ1v) is 19.9. The average molecular weight is 768 g/mol. The van der Waals surface area contributed by atoms with Crippen LogP contribution in [0.3, 0.4) is 0 Å². The maximum absolute atomic E-state index is 5.29. The summed E-state index contributed by atoms with van der Waals surface area (Å²) in [4.78, 5) is 23.6. The standard InChI is InChI=1S/C55H37N5/c1-10-38(28-44(16-1)50-22-7-25-56-35-50)41-13-4-19-47(31-41)53-34-54(48-20-5-14-42(32-48)39-11-2-17-45(29-39)51-23-8-26-57-36-51)60-55(59-53)49-21-6-15-43(33-49)40-12-3-18-46(30-40)52-24-9-27-58-37-52/h1-37H. The minimum absolute atomic E-state index is 0.653. The van der Waals surface area contributed by atoms with E-state index in [1.54, 1.807) is 18.6 Å². The van der Waals surface area contributed by atoms with Crippen LogP contribution in [0, 0.1) is 0 Å². The van der Waals surface area contributed by atoms with Crippen LogP contribution in [-0.2, 0) is 0 Å². The van der Waals surface area contributed by atoms with Crippen molar-refractivity contribution in [1.29, 1.82) is 0 Å². The molecular formula is C55H37N5. The minimum Gasteiger partial charge on any atom is -0.264 e. The number of pyridine rings is 3. The number of aromatic nitrogens is 5. The Morgan fingerprint density at radius 3 is 0.783 bits per heavy atom. The van der Waals surface area contributed by atoms with E-state index in [1.165, 1.54) is 0 Å². The molecule has 0 saturated carbocycles. The van der Waals surface area contributed by atoms with Crippen LogP contribution in [0.4, 0.5) is 0 Å². The van der Waals surface area contributed by atoms with Crippen molar-refractivity contribution in [2.75, 3.05) is 0 Å². The predicted octanol–water partition coefficient (Wildman–Crippen LogP) is 13.7. The quantitative estimate of drug-likeness (QED) is 0.146. The molecule has 4 heterocycles. The largest absolute Gasteiger partial charge is 0.264 e. The van der Waals surface area contributed by atoms with Crippen molar-refractivity contribution in [2.24, 2.45) is 0 Å². The third-order valence-electron chi connectivity index (χ3n) is 10.7. The number of benzene rings is 6. The maximum atomic E-state index is 5.29. The molecule has 10 rings (SSSR count). The molecule has 0 aliphatic heterocycles. The van der Waals surface area contributed by atoms with E-state index in [0.29, 0.717) is 5.82 Å². The summed E-state index contributed by atoms with van der Waals surface area (Å²) in [6.07, 6.45) is 11.1. The molecule has 5 nitrogen and oxygen atoms in total. The Morgan fingerprint density at radius 2 is 0.467 bits per heavy atom. The van der Waals surface area contributed by atoms with Gasteiger partial charge in [-0.3, -0.25) is 15.0 Å². The normalized spacial score (nSPS) is 11.0. The fourth-order valence-corrected chi connectivity index (χ4v) is 7.66. The predicted molar refractivity (Wildman–Crippen MR) is 244 cm³/mol. The van der Waals surface area contributed by atoms with Gasteiger partial charge in [-0.1, -0.05) is 127 Å². The van der Waals surface area contributed by atoms with Crippen LogP contribution in [0.15, 0.2) is 225 Å². The Morgan fingerprint density at radius 1 is 0.217 bits per heavy atom. The average Bonchev–Trinajstić information content (AvgIpc) is 3.35. The summed E-state index contributed by atoms with van der Waals surface area (Å²) in [5.41, 5.74) is 17.9. The Kier molecular flexibility index (Phi) is 9.88. The van der Waals surface area contributed by atoms with Gasteiger partial charge in [-0.15, -0.1) is 0 Å². The molecule has 0 bridgehead atoms. The lowest BCUT2D eigenvalue weighted by Crippen LogP contribution is -1.97. The zero-order valence-corrected chi connectivity index (χ0v) is 32.6. The molecule has 0 atom stereocenters. The highest BCUT2D eigenvalue weighted by molar-refractivity contribution is 5.81. The van der Waals surface area contributed by atoms with E-state index in [0.717, 1.165) is 94.8 Å². The van der Waals surface area contributed by atoms with Gasteiger partial charge in [-0.2, -0.15) is 0 Å². The summed E-state index contributed by atoms with van der Waals surface area (Å²) in [6, 6.07) is 65.8. The van der Waals surface area contributed by atoms with Gasteiger partial charge >= 0.3 is 0 Å². The van der Waals surface area contributed by atoms with E-state index in [-0.39, 0.29) is 0 Å². The molecule has 0 amide bonds. The van der Waals surface area contributed by atoms with Crippen molar-refractivity contribution in [1.82, 2.24) is 24.9 Å². The van der Waals surface area contributed by atoms with Crippen LogP contribution in [0.5, 0.6) is 0 Å². The summed E-state index contributed by atoms with van der Waals surface area (Å²) in [6.45, 7) is 0. The van der Waals surface area contributed by atoms with Crippen LogP contribution >= 0.6 is 0 Å². The van der Waals surface area contributed by atoms with Crippen LogP contribution in [0.2, 0.25) is 0 Å². The minimum atomic E-state index is 0.653. The fourth-order valence-electron chi connectivity index (χ4n) is 7.66. The number of nitrogens with zero attached hydrogens (tertiary/aromatic N) is 5. The molecule has 0 spiro atoms. The van der Waals surface area contributed by atoms with Crippen molar-refractivity contribution < 1.29 is 0 Å². The summed E-state index contributed by atoms with van der Waals surface area (Å²) >= 11 is 0. The second-order valence-electron chi connectivity index (χ2n) is 14.7. The van der Waals surface area contributed by atoms with Gasteiger partial charge in [0.15, 0.2) is 5.82 Å². The van der Waals surface area contributed by atoms with Gasteiger partial charge < -0.3 is 0 Å². The summed E-state index contributed by atoms with van der Waals surface area (Å²) in [7, 11) is 0. The lowest BCUT2D eigenvalue weighted by atomic mass is 9.96. The van der Waals surface area contributed by atoms with E-state index >= 15 is 0 Å². The van der Waals surface area contributed by atoms with Crippen molar-refractivity contribution in [3.63, 3.8) is 0 Å². The van der Waals surface area contributed by atoms with Crippen LogP contribution in [0.1, 0.15) is 0 Å². The molecule has 10 aromatic rings. The van der Waals surface area contributed by atoms with Gasteiger partial charge in [-0.25, -0.2) is 9.97 Å². The molecule has 0 N–H and O–H groups in total. The van der Waals surface area contributed by atoms with Gasteiger partial charge in [0.25, 0.3) is 0 Å². The van der Waals surface area contributed by atoms with Gasteiger partial charge in [0, 0.05) is 70.6 Å². The third-order valence-corrected chi connectivity index (χ3v) is 10.7. The Bertz CT molecular complexity index is 2750. The third kappa shape index (κ3) is 7.76. The Labute approximate surface area is 349 Å². The summed E-state index contributed by atoms with van der Waals surface area (Å²) < 4.78 is 0. The topological polar surface area (TPSA) is 64.5 Å². The lowest BCUT2D eigenvalue weighted by molar-refractivity contribution is 1.18. The Balaban J connectivity index is 1.07. The van der Waals surface area contributed by atoms with E-state index < -0.39 is 0 Å². The lowest BCUT2D eigenvalue weighted by Gasteiger charge is -2.13. The van der Waals surface area contributed by atoms with Crippen molar-refractivity contribution in [3.8, 4) is 101 Å². The second kappa shape index (κ2) is 16.4. The number of rotatable bonds is 9. The smallest absolute Gasteiger partial charge is 0.160 e. The molecule has 5 heteroatoms. The van der Waals surface area contributed by atoms with Gasteiger partial charge in [0.05, 0.1) is 11.4 Å². The second-order valence-corrected chi connectivity index (χ2v) is 14.7. The summed E-state index contributed by atoms with van der Waals surface area (Å²) in [5.74, 6) is 0.653. The molecule has 6 aromatic carbocycles. The van der Waals surface area contributed by atoms with E-state index in [9.17, 15) is 0 Å². The molecule has 0 aliphatic rings. The molecule has 60 heavy (non-hydrogen) atoms. The molecular weight excluding hydrogens is 731 g/mol. The molecule has 282 valence electrons. The molecule has 0 aliphatic carbocycles. The highest BCUT2D eigenvalue weighted by Gasteiger charge is 2.14. The molecule has 4 aromatic heterocycles. The number of hydrogen-bond donors (Lipinski definition) is 0. The molecule has 0 radical (unpaired) electrons. The van der Waals surface area contributed by atoms with Crippen LogP contribution in [-0.4, -0.2) is 24.9 Å². The number of hydrogen-bond acceptors (Lipinski definition) is 5. The monoisotopic (exact) mass is 767 g/mol. The van der Waals surface area contributed by atoms with E-state index in [4.69, 9.17) is 9.97 Å². The molecule has 0 saturated heterocycles. The van der Waals surface area contributed by atoms with Crippen LogP contribution in [0.25, 0.3) is 101 Å². The Hall–Kier alpha value is -8.15. The maximum Gasteiger partial charge on any atom is 0.160 e. The molecule has 0 fully saturated rings. The van der Waals surface area contributed by atoms with Crippen molar-refractivity contribution in [3.05, 3.63) is 225 Å². The first-order valence-electron chi connectivity index (χ1n) is 19.9.